The van der Waals surface area contributed by atoms with Gasteiger partial charge >= 0.3 is 6.09 Å². The predicted octanol–water partition coefficient (Wildman–Crippen LogP) is 4.62. The summed E-state index contributed by atoms with van der Waals surface area (Å²) in [6.07, 6.45) is 7.85. The normalized spacial score (nSPS) is 24.2. The molecule has 7 rings (SSSR count). The van der Waals surface area contributed by atoms with Gasteiger partial charge in [0.25, 0.3) is 0 Å². The van der Waals surface area contributed by atoms with Crippen molar-refractivity contribution in [1.29, 1.82) is 0 Å². The van der Waals surface area contributed by atoms with Crippen LogP contribution in [0.5, 0.6) is 0 Å². The summed E-state index contributed by atoms with van der Waals surface area (Å²) in [5.74, 6) is 0.765. The molecule has 10 nitrogen and oxygen atoms in total. The Bertz CT molecular complexity index is 1700. The number of anilines is 1. The molecule has 2 aromatic carbocycles. The summed E-state index contributed by atoms with van der Waals surface area (Å²) in [7, 11) is -1.89. The number of hydrogen-bond donors (Lipinski definition) is 2. The smallest absolute Gasteiger partial charge is 0.404 e. The van der Waals surface area contributed by atoms with Crippen LogP contribution in [0.15, 0.2) is 70.7 Å². The first-order valence-electron chi connectivity index (χ1n) is 17.4. The predicted molar refractivity (Wildman–Crippen MR) is 181 cm³/mol. The van der Waals surface area contributed by atoms with Crippen molar-refractivity contribution in [2.45, 2.75) is 59.8 Å². The number of nitrogens with zero attached hydrogens (tertiary/aromatic N) is 5. The first kappa shape index (κ1) is 33.0. The van der Waals surface area contributed by atoms with Gasteiger partial charge in [-0.2, -0.15) is 5.10 Å². The number of rotatable bonds is 11. The van der Waals surface area contributed by atoms with Crippen LogP contribution in [0.1, 0.15) is 44.1 Å². The maximum Gasteiger partial charge on any atom is 0.404 e. The Morgan fingerprint density at radius 2 is 1.73 bits per heavy atom. The van der Waals surface area contributed by atoms with Crippen molar-refractivity contribution in [2.75, 3.05) is 57.3 Å². The van der Waals surface area contributed by atoms with Gasteiger partial charge in [0.2, 0.25) is 9.84 Å². The SMILES string of the molecule is Cn1cc(S(=O)(=O)c2ccc(N3CC(CN4CCC([C@@](CN5CCC5)(c5cccc(F)c5)[C@H]5CCC[C@@H]5NC(=O)O)CC4)C3)cc2)cn1. The summed E-state index contributed by atoms with van der Waals surface area (Å²) >= 11 is 0. The van der Waals surface area contributed by atoms with Crippen LogP contribution in [0, 0.1) is 23.6 Å². The fraction of sp³-hybridized carbons (Fsp3) is 0.556. The molecule has 0 spiro atoms. The van der Waals surface area contributed by atoms with Crippen LogP contribution in [0.25, 0.3) is 0 Å². The summed E-state index contributed by atoms with van der Waals surface area (Å²) in [6.45, 7) is 7.77. The van der Waals surface area contributed by atoms with Crippen LogP contribution in [-0.4, -0.2) is 97.6 Å². The van der Waals surface area contributed by atoms with Crippen LogP contribution >= 0.6 is 0 Å². The fourth-order valence-electron chi connectivity index (χ4n) is 9.09. The molecular weight excluding hydrogens is 631 g/mol. The third kappa shape index (κ3) is 6.46. The van der Waals surface area contributed by atoms with E-state index in [9.17, 15) is 22.7 Å². The molecule has 0 bridgehead atoms. The number of aromatic nitrogens is 2. The van der Waals surface area contributed by atoms with Crippen molar-refractivity contribution in [2.24, 2.45) is 24.8 Å². The second kappa shape index (κ2) is 13.4. The Labute approximate surface area is 282 Å². The van der Waals surface area contributed by atoms with Gasteiger partial charge in [-0.25, -0.2) is 17.6 Å². The van der Waals surface area contributed by atoms with Gasteiger partial charge in [0, 0.05) is 62.5 Å². The molecule has 1 saturated carbocycles. The van der Waals surface area contributed by atoms with Gasteiger partial charge in [-0.3, -0.25) is 4.68 Å². The van der Waals surface area contributed by atoms with Gasteiger partial charge in [0.15, 0.2) is 0 Å². The largest absolute Gasteiger partial charge is 0.465 e. The standard InChI is InChI=1S/C36H47FN6O4S/c1-40-24-32(20-38-40)48(46,47)31-11-9-30(10-12-31)43-22-26(23-43)21-41-17-13-27(14-18-41)36(25-42-15-4-16-42,28-5-2-6-29(37)19-28)33-7-3-8-34(33)39-35(44)45/h2,5-6,9-12,19-20,24,26-27,33-34,39H,3-4,7-8,13-18,21-23,25H2,1H3,(H,44,45)/t33-,34-,36-/m0/s1. The van der Waals surface area contributed by atoms with Crippen molar-refractivity contribution in [1.82, 2.24) is 24.9 Å². The van der Waals surface area contributed by atoms with E-state index < -0.39 is 15.9 Å². The Morgan fingerprint density at radius 1 is 0.979 bits per heavy atom. The molecule has 4 heterocycles. The van der Waals surface area contributed by atoms with Gasteiger partial charge in [0.1, 0.15) is 10.7 Å². The van der Waals surface area contributed by atoms with Gasteiger partial charge in [0.05, 0.1) is 11.1 Å². The third-order valence-corrected chi connectivity index (χ3v) is 13.3. The van der Waals surface area contributed by atoms with E-state index in [1.54, 1.807) is 25.2 Å². The van der Waals surface area contributed by atoms with Crippen LogP contribution in [-0.2, 0) is 22.3 Å². The van der Waals surface area contributed by atoms with Crippen molar-refractivity contribution in [3.63, 3.8) is 0 Å². The van der Waals surface area contributed by atoms with Crippen molar-refractivity contribution in [3.05, 3.63) is 72.3 Å². The van der Waals surface area contributed by atoms with E-state index in [-0.39, 0.29) is 33.0 Å². The molecular formula is C36H47FN6O4S. The van der Waals surface area contributed by atoms with Gasteiger partial charge in [-0.05, 0) is 112 Å². The molecule has 3 saturated heterocycles. The number of carbonyl (C=O) groups is 1. The maximum absolute atomic E-state index is 14.9. The lowest BCUT2D eigenvalue weighted by Gasteiger charge is -2.54. The number of halogens is 1. The highest BCUT2D eigenvalue weighted by molar-refractivity contribution is 7.91. The zero-order valence-corrected chi connectivity index (χ0v) is 28.5. The Balaban J connectivity index is 1.01. The molecule has 3 aliphatic heterocycles. The molecule has 48 heavy (non-hydrogen) atoms. The highest BCUT2D eigenvalue weighted by atomic mass is 32.2. The lowest BCUT2D eigenvalue weighted by Crippen LogP contribution is -2.60. The van der Waals surface area contributed by atoms with E-state index in [0.29, 0.717) is 11.8 Å². The van der Waals surface area contributed by atoms with E-state index in [0.717, 1.165) is 95.7 Å². The molecule has 12 heteroatoms. The number of sulfone groups is 1. The minimum atomic E-state index is -3.59. The number of carboxylic acid groups (broad SMARTS) is 1. The first-order chi connectivity index (χ1) is 23.1. The zero-order chi connectivity index (χ0) is 33.5. The topological polar surface area (TPSA) is 111 Å². The molecule has 258 valence electrons. The van der Waals surface area contributed by atoms with Crippen molar-refractivity contribution < 1.29 is 22.7 Å². The third-order valence-electron chi connectivity index (χ3n) is 11.6. The van der Waals surface area contributed by atoms with Crippen molar-refractivity contribution >= 4 is 21.6 Å². The number of amides is 1. The average molecular weight is 679 g/mol. The highest BCUT2D eigenvalue weighted by Gasteiger charge is 2.53. The molecule has 1 amide bonds. The molecule has 4 aliphatic rings. The number of hydrogen-bond acceptors (Lipinski definition) is 7. The molecule has 0 radical (unpaired) electrons. The Kier molecular flexibility index (Phi) is 9.25. The van der Waals surface area contributed by atoms with E-state index >= 15 is 0 Å². The Morgan fingerprint density at radius 3 is 2.35 bits per heavy atom. The van der Waals surface area contributed by atoms with Gasteiger partial charge < -0.3 is 25.1 Å². The van der Waals surface area contributed by atoms with E-state index in [2.05, 4.69) is 31.2 Å². The average Bonchev–Trinajstić information content (AvgIpc) is 3.68. The molecule has 0 unspecified atom stereocenters. The highest BCUT2D eigenvalue weighted by Crippen LogP contribution is 2.51. The minimum absolute atomic E-state index is 0.124. The lowest BCUT2D eigenvalue weighted by molar-refractivity contribution is 0.0226. The Hall–Kier alpha value is -3.48. The second-order valence-corrected chi connectivity index (χ2v) is 16.4. The number of aryl methyl sites for hydroxylation is 1. The van der Waals surface area contributed by atoms with Crippen molar-refractivity contribution in [3.8, 4) is 0 Å². The second-order valence-electron chi connectivity index (χ2n) is 14.5. The molecule has 1 aliphatic carbocycles. The number of nitrogens with one attached hydrogen (secondary N) is 1. The lowest BCUT2D eigenvalue weighted by atomic mass is 9.57. The van der Waals surface area contributed by atoms with Crippen LogP contribution in [0.3, 0.4) is 0 Å². The van der Waals surface area contributed by atoms with E-state index in [4.69, 9.17) is 0 Å². The molecule has 4 fully saturated rings. The molecule has 1 aromatic heterocycles. The molecule has 3 atom stereocenters. The van der Waals surface area contributed by atoms with E-state index in [1.807, 2.05) is 18.2 Å². The first-order valence-corrected chi connectivity index (χ1v) is 18.9. The minimum Gasteiger partial charge on any atom is -0.465 e. The molecule has 3 aromatic rings. The monoisotopic (exact) mass is 678 g/mol. The summed E-state index contributed by atoms with van der Waals surface area (Å²) in [5, 5.41) is 16.6. The number of piperidine rings is 1. The summed E-state index contributed by atoms with van der Waals surface area (Å²) in [6, 6.07) is 14.2. The molecule has 2 N–H and O–H groups in total. The maximum atomic E-state index is 14.9. The van der Waals surface area contributed by atoms with Crippen LogP contribution < -0.4 is 10.2 Å². The zero-order valence-electron chi connectivity index (χ0n) is 27.7. The number of benzene rings is 2. The van der Waals surface area contributed by atoms with Crippen LogP contribution in [0.2, 0.25) is 0 Å². The summed E-state index contributed by atoms with van der Waals surface area (Å²) in [4.78, 5) is 19.7. The summed E-state index contributed by atoms with van der Waals surface area (Å²) < 4.78 is 42.3. The summed E-state index contributed by atoms with van der Waals surface area (Å²) in [5.41, 5.74) is 1.75. The van der Waals surface area contributed by atoms with E-state index in [1.165, 1.54) is 29.6 Å². The van der Waals surface area contributed by atoms with Gasteiger partial charge in [-0.1, -0.05) is 18.6 Å². The quantitative estimate of drug-likeness (QED) is 0.303. The fourth-order valence-corrected chi connectivity index (χ4v) is 10.3. The van der Waals surface area contributed by atoms with Crippen LogP contribution in [0.4, 0.5) is 14.9 Å². The van der Waals surface area contributed by atoms with Gasteiger partial charge in [-0.15, -0.1) is 0 Å². The number of likely N-dealkylation sites (tertiary alicyclic amines) is 2.